The lowest BCUT2D eigenvalue weighted by Crippen LogP contribution is -2.59. The van der Waals surface area contributed by atoms with E-state index in [0.29, 0.717) is 17.7 Å². The van der Waals surface area contributed by atoms with Crippen molar-refractivity contribution < 1.29 is 26.4 Å². The van der Waals surface area contributed by atoms with Crippen molar-refractivity contribution in [2.24, 2.45) is 0 Å². The standard InChI is InChI=1S/C28H26F3N5O3S/c29-20-7-4-8-22(12-20)35(17-21-15-34-25(16-33-21)18-5-2-1-3-6-18)28(37)26-9-10-36(26)40(38,39)23-11-19(14-32)27(31)24(30)13-23/h4,7-8,11-13,15-16,18,26H,1-3,5-6,9-10,17H2/t26-/m1/s1. The number of rotatable bonds is 7. The van der Waals surface area contributed by atoms with Crippen molar-refractivity contribution in [1.29, 1.82) is 5.26 Å². The van der Waals surface area contributed by atoms with Crippen molar-refractivity contribution >= 4 is 21.6 Å². The van der Waals surface area contributed by atoms with Crippen LogP contribution in [0, 0.1) is 28.8 Å². The third-order valence-corrected chi connectivity index (χ3v) is 9.33. The quantitative estimate of drug-likeness (QED) is 0.404. The maximum Gasteiger partial charge on any atom is 0.245 e. The Balaban J connectivity index is 1.42. The number of amides is 1. The summed E-state index contributed by atoms with van der Waals surface area (Å²) < 4.78 is 69.5. The normalized spacial score (nSPS) is 18.1. The van der Waals surface area contributed by atoms with Gasteiger partial charge in [-0.15, -0.1) is 0 Å². The minimum atomic E-state index is -4.46. The van der Waals surface area contributed by atoms with Gasteiger partial charge in [-0.3, -0.25) is 14.8 Å². The molecule has 3 aromatic rings. The fourth-order valence-electron chi connectivity index (χ4n) is 5.17. The largest absolute Gasteiger partial charge is 0.305 e. The van der Waals surface area contributed by atoms with Gasteiger partial charge in [0, 0.05) is 24.3 Å². The third-order valence-electron chi connectivity index (χ3n) is 7.44. The average Bonchev–Trinajstić information content (AvgIpc) is 2.93. The third kappa shape index (κ3) is 5.44. The molecule has 1 atom stereocenters. The van der Waals surface area contributed by atoms with Crippen molar-refractivity contribution in [2.75, 3.05) is 11.4 Å². The Hall–Kier alpha value is -3.82. The number of hydrogen-bond acceptors (Lipinski definition) is 6. The molecular weight excluding hydrogens is 543 g/mol. The summed E-state index contributed by atoms with van der Waals surface area (Å²) in [6.45, 7) is -0.138. The molecule has 1 saturated carbocycles. The Labute approximate surface area is 230 Å². The second-order valence-corrected chi connectivity index (χ2v) is 11.9. The first-order chi connectivity index (χ1) is 19.2. The van der Waals surface area contributed by atoms with E-state index in [2.05, 4.69) is 9.97 Å². The smallest absolute Gasteiger partial charge is 0.245 e. The van der Waals surface area contributed by atoms with Crippen LogP contribution in [0.4, 0.5) is 18.9 Å². The number of carbonyl (C=O) groups excluding carboxylic acids is 1. The van der Waals surface area contributed by atoms with Crippen molar-refractivity contribution in [3.63, 3.8) is 0 Å². The number of sulfonamides is 1. The lowest BCUT2D eigenvalue weighted by molar-refractivity contribution is -0.125. The number of carbonyl (C=O) groups is 1. The summed E-state index contributed by atoms with van der Waals surface area (Å²) in [7, 11) is -4.46. The van der Waals surface area contributed by atoms with Crippen LogP contribution in [-0.4, -0.2) is 41.2 Å². The zero-order chi connectivity index (χ0) is 28.4. The molecule has 1 amide bonds. The highest BCUT2D eigenvalue weighted by Gasteiger charge is 2.45. The Kier molecular flexibility index (Phi) is 7.87. The van der Waals surface area contributed by atoms with Gasteiger partial charge in [0.1, 0.15) is 17.9 Å². The molecule has 2 heterocycles. The molecule has 0 N–H and O–H groups in total. The van der Waals surface area contributed by atoms with Crippen LogP contribution in [0.5, 0.6) is 0 Å². The number of hydrogen-bond donors (Lipinski definition) is 0. The van der Waals surface area contributed by atoms with Gasteiger partial charge >= 0.3 is 0 Å². The van der Waals surface area contributed by atoms with Gasteiger partial charge in [-0.1, -0.05) is 25.3 Å². The summed E-state index contributed by atoms with van der Waals surface area (Å²) in [6.07, 6.45) is 8.99. The van der Waals surface area contributed by atoms with E-state index < -0.39 is 49.9 Å². The zero-order valence-corrected chi connectivity index (χ0v) is 22.2. The summed E-state index contributed by atoms with van der Waals surface area (Å²) in [5.74, 6) is -3.83. The molecule has 0 bridgehead atoms. The second-order valence-electron chi connectivity index (χ2n) is 9.97. The first-order valence-electron chi connectivity index (χ1n) is 13.0. The Bertz CT molecular complexity index is 1570. The molecule has 8 nitrogen and oxygen atoms in total. The van der Waals surface area contributed by atoms with Gasteiger partial charge in [-0.05, 0) is 49.6 Å². The zero-order valence-electron chi connectivity index (χ0n) is 21.4. The maximum absolute atomic E-state index is 14.1. The SMILES string of the molecule is N#Cc1cc(S(=O)(=O)N2CC[C@@H]2C(=O)N(Cc2cnc(C3CCCCC3)cn2)c2cccc(F)c2)cc(F)c1F. The molecular formula is C28H26F3N5O3S. The summed E-state index contributed by atoms with van der Waals surface area (Å²) >= 11 is 0. The van der Waals surface area contributed by atoms with Crippen LogP contribution in [-0.2, 0) is 21.4 Å². The van der Waals surface area contributed by atoms with E-state index >= 15 is 0 Å². The maximum atomic E-state index is 14.1. The predicted octanol–water partition coefficient (Wildman–Crippen LogP) is 4.81. The van der Waals surface area contributed by atoms with Gasteiger partial charge < -0.3 is 4.90 Å². The van der Waals surface area contributed by atoms with Gasteiger partial charge in [0.25, 0.3) is 0 Å². The minimum absolute atomic E-state index is 0.0491. The van der Waals surface area contributed by atoms with E-state index in [1.165, 1.54) is 35.6 Å². The monoisotopic (exact) mass is 569 g/mol. The molecule has 1 aliphatic heterocycles. The fraction of sp³-hybridized carbons (Fsp3) is 0.357. The molecule has 12 heteroatoms. The summed E-state index contributed by atoms with van der Waals surface area (Å²) in [5, 5.41) is 9.07. The van der Waals surface area contributed by atoms with Gasteiger partial charge in [0.2, 0.25) is 15.9 Å². The topological polar surface area (TPSA) is 107 Å². The van der Waals surface area contributed by atoms with Crippen molar-refractivity contribution in [1.82, 2.24) is 14.3 Å². The van der Waals surface area contributed by atoms with Crippen LogP contribution >= 0.6 is 0 Å². The van der Waals surface area contributed by atoms with E-state index in [1.54, 1.807) is 12.4 Å². The Morgan fingerprint density at radius 3 is 2.45 bits per heavy atom. The van der Waals surface area contributed by atoms with Gasteiger partial charge in [-0.2, -0.15) is 9.57 Å². The average molecular weight is 570 g/mol. The second kappa shape index (κ2) is 11.3. The highest BCUT2D eigenvalue weighted by atomic mass is 32.2. The number of aromatic nitrogens is 2. The molecule has 40 heavy (non-hydrogen) atoms. The number of benzene rings is 2. The van der Waals surface area contributed by atoms with Crippen LogP contribution in [0.3, 0.4) is 0 Å². The Morgan fingerprint density at radius 1 is 1.05 bits per heavy atom. The van der Waals surface area contributed by atoms with E-state index in [1.807, 2.05) is 0 Å². The fourth-order valence-corrected chi connectivity index (χ4v) is 6.83. The highest BCUT2D eigenvalue weighted by molar-refractivity contribution is 7.89. The number of nitriles is 1. The van der Waals surface area contributed by atoms with Crippen LogP contribution in [0.25, 0.3) is 0 Å². The van der Waals surface area contributed by atoms with Crippen molar-refractivity contribution in [2.45, 2.75) is 61.9 Å². The molecule has 2 aromatic carbocycles. The number of anilines is 1. The molecule has 2 aliphatic rings. The minimum Gasteiger partial charge on any atom is -0.305 e. The summed E-state index contributed by atoms with van der Waals surface area (Å²) in [5.41, 5.74) is 0.752. The first kappa shape index (κ1) is 27.7. The summed E-state index contributed by atoms with van der Waals surface area (Å²) in [6, 6.07) is 6.82. The molecule has 1 aliphatic carbocycles. The Morgan fingerprint density at radius 2 is 1.82 bits per heavy atom. The molecule has 0 unspecified atom stereocenters. The van der Waals surface area contributed by atoms with Crippen LogP contribution in [0.2, 0.25) is 0 Å². The molecule has 0 radical (unpaired) electrons. The van der Waals surface area contributed by atoms with Crippen LogP contribution in [0.15, 0.2) is 53.7 Å². The van der Waals surface area contributed by atoms with E-state index in [-0.39, 0.29) is 25.2 Å². The molecule has 1 aromatic heterocycles. The summed E-state index contributed by atoms with van der Waals surface area (Å²) in [4.78, 5) is 23.4. The van der Waals surface area contributed by atoms with Crippen molar-refractivity contribution in [3.05, 3.63) is 83.2 Å². The molecule has 0 spiro atoms. The number of halogens is 3. The molecule has 208 valence electrons. The van der Waals surface area contributed by atoms with E-state index in [9.17, 15) is 26.4 Å². The highest BCUT2D eigenvalue weighted by Crippen LogP contribution is 2.33. The predicted molar refractivity (Wildman–Crippen MR) is 139 cm³/mol. The van der Waals surface area contributed by atoms with Gasteiger partial charge in [0.05, 0.1) is 34.6 Å². The van der Waals surface area contributed by atoms with E-state index in [4.69, 9.17) is 5.26 Å². The lowest BCUT2D eigenvalue weighted by Gasteiger charge is -2.41. The molecule has 2 fully saturated rings. The number of nitrogens with zero attached hydrogens (tertiary/aromatic N) is 5. The first-order valence-corrected chi connectivity index (χ1v) is 14.4. The molecule has 1 saturated heterocycles. The molecule has 5 rings (SSSR count). The van der Waals surface area contributed by atoms with Crippen molar-refractivity contribution in [3.8, 4) is 6.07 Å². The van der Waals surface area contributed by atoms with Gasteiger partial charge in [0.15, 0.2) is 11.6 Å². The van der Waals surface area contributed by atoms with Crippen LogP contribution in [0.1, 0.15) is 61.4 Å². The van der Waals surface area contributed by atoms with Crippen LogP contribution < -0.4 is 4.90 Å². The lowest BCUT2D eigenvalue weighted by atomic mass is 9.87. The van der Waals surface area contributed by atoms with Gasteiger partial charge in [-0.25, -0.2) is 21.6 Å². The van der Waals surface area contributed by atoms with E-state index in [0.717, 1.165) is 47.8 Å².